The molecule has 0 aliphatic carbocycles. The molecule has 3 N–H and O–H groups in total. The Labute approximate surface area is 226 Å². The third-order valence-electron chi connectivity index (χ3n) is 4.88. The minimum absolute atomic E-state index is 0.0522. The van der Waals surface area contributed by atoms with Gasteiger partial charge in [-0.2, -0.15) is 0 Å². The fourth-order valence-corrected chi connectivity index (χ4v) is 4.25. The van der Waals surface area contributed by atoms with E-state index in [0.29, 0.717) is 34.1 Å². The van der Waals surface area contributed by atoms with Crippen molar-refractivity contribution in [2.75, 3.05) is 13.2 Å². The first-order valence-corrected chi connectivity index (χ1v) is 12.9. The van der Waals surface area contributed by atoms with Gasteiger partial charge in [-0.25, -0.2) is 0 Å². The van der Waals surface area contributed by atoms with Crippen molar-refractivity contribution in [2.45, 2.75) is 20.3 Å². The Morgan fingerprint density at radius 1 is 0.971 bits per heavy atom. The number of carbonyl (C=O) groups excluding carboxylic acids is 2. The molecule has 10 heteroatoms. The number of thiocarbonyl (C=S) groups is 1. The summed E-state index contributed by atoms with van der Waals surface area (Å²) in [5, 5.41) is 4.50. The van der Waals surface area contributed by atoms with Gasteiger partial charge in [0, 0.05) is 5.56 Å². The Balaban J connectivity index is 1.45. The maximum absolute atomic E-state index is 12.5. The first-order chi connectivity index (χ1) is 16.7. The van der Waals surface area contributed by atoms with E-state index in [1.165, 1.54) is 0 Å². The summed E-state index contributed by atoms with van der Waals surface area (Å²) in [4.78, 5) is 24.6. The lowest BCUT2D eigenvalue weighted by Gasteiger charge is -2.13. The Morgan fingerprint density at radius 3 is 2.46 bits per heavy atom. The maximum atomic E-state index is 12.5. The van der Waals surface area contributed by atoms with E-state index < -0.39 is 11.8 Å². The summed E-state index contributed by atoms with van der Waals surface area (Å²) in [6.45, 7) is 4.60. The highest BCUT2D eigenvalue weighted by Crippen LogP contribution is 2.33. The van der Waals surface area contributed by atoms with Crippen LogP contribution in [0, 0.1) is 5.92 Å². The van der Waals surface area contributed by atoms with E-state index in [1.54, 1.807) is 24.3 Å². The lowest BCUT2D eigenvalue weighted by atomic mass is 10.1. The lowest BCUT2D eigenvalue weighted by molar-refractivity contribution is -0.123. The van der Waals surface area contributed by atoms with E-state index in [4.69, 9.17) is 21.7 Å². The van der Waals surface area contributed by atoms with Crippen LogP contribution in [-0.2, 0) is 4.79 Å². The minimum atomic E-state index is -0.465. The molecule has 0 heterocycles. The molecule has 3 aromatic carbocycles. The first-order valence-electron chi connectivity index (χ1n) is 10.9. The fraction of sp³-hybridized carbons (Fsp3) is 0.240. The van der Waals surface area contributed by atoms with Crippen LogP contribution in [0.2, 0.25) is 0 Å². The highest BCUT2D eigenvalue weighted by atomic mass is 79.9. The zero-order valence-electron chi connectivity index (χ0n) is 19.2. The van der Waals surface area contributed by atoms with Crippen LogP contribution in [-0.4, -0.2) is 30.1 Å². The second-order valence-corrected chi connectivity index (χ2v) is 10.1. The van der Waals surface area contributed by atoms with Crippen molar-refractivity contribution in [3.63, 3.8) is 0 Å². The fourth-order valence-electron chi connectivity index (χ4n) is 3.00. The molecule has 0 aromatic heterocycles. The quantitative estimate of drug-likeness (QED) is 0.227. The molecular weight excluding hydrogens is 598 g/mol. The summed E-state index contributed by atoms with van der Waals surface area (Å²) in [6.07, 6.45) is 0.935. The topological polar surface area (TPSA) is 88.7 Å². The third-order valence-corrected chi connectivity index (χ3v) is 6.52. The van der Waals surface area contributed by atoms with Crippen LogP contribution in [0.1, 0.15) is 30.6 Å². The second-order valence-electron chi connectivity index (χ2n) is 8.02. The van der Waals surface area contributed by atoms with Gasteiger partial charge in [-0.3, -0.25) is 25.8 Å². The van der Waals surface area contributed by atoms with Crippen LogP contribution >= 0.6 is 44.1 Å². The van der Waals surface area contributed by atoms with Gasteiger partial charge < -0.3 is 9.47 Å². The molecule has 3 aromatic rings. The van der Waals surface area contributed by atoms with Crippen molar-refractivity contribution in [1.29, 1.82) is 0 Å². The van der Waals surface area contributed by atoms with Crippen molar-refractivity contribution in [1.82, 2.24) is 16.2 Å². The minimum Gasteiger partial charge on any atom is -0.492 e. The van der Waals surface area contributed by atoms with Crippen LogP contribution in [0.15, 0.2) is 63.5 Å². The monoisotopic (exact) mass is 621 g/mol. The largest absolute Gasteiger partial charge is 0.492 e. The van der Waals surface area contributed by atoms with E-state index in [0.717, 1.165) is 21.7 Å². The SMILES string of the molecule is CC(C)CCOc1ccc(C(=O)NC(=S)NNC(=O)COc2ccc3ccccc3c2Br)cc1Br. The number of carbonyl (C=O) groups is 2. The summed E-state index contributed by atoms with van der Waals surface area (Å²) in [6, 6.07) is 16.5. The van der Waals surface area contributed by atoms with E-state index in [9.17, 15) is 9.59 Å². The molecule has 2 amide bonds. The Hall–Kier alpha value is -2.69. The van der Waals surface area contributed by atoms with Gasteiger partial charge in [-0.05, 0) is 91.5 Å². The number of hydrogen-bond donors (Lipinski definition) is 3. The van der Waals surface area contributed by atoms with Crippen molar-refractivity contribution in [3.8, 4) is 11.5 Å². The van der Waals surface area contributed by atoms with Crippen LogP contribution in [0.25, 0.3) is 10.8 Å². The predicted octanol–water partition coefficient (Wildman–Crippen LogP) is 5.50. The molecule has 0 saturated heterocycles. The molecule has 0 fully saturated rings. The Bertz CT molecular complexity index is 1240. The molecule has 35 heavy (non-hydrogen) atoms. The Morgan fingerprint density at radius 2 is 1.71 bits per heavy atom. The first kappa shape index (κ1) is 26.9. The average molecular weight is 623 g/mol. The molecule has 0 saturated carbocycles. The lowest BCUT2D eigenvalue weighted by Crippen LogP contribution is -2.49. The number of benzene rings is 3. The number of amides is 2. The van der Waals surface area contributed by atoms with Gasteiger partial charge in [-0.15, -0.1) is 0 Å². The number of ether oxygens (including phenoxy) is 2. The standard InChI is InChI=1S/C25H25Br2N3O4S/c1-15(2)11-12-33-20-9-8-17(13-19(20)26)24(32)28-25(35)30-29-22(31)14-34-21-10-7-16-5-3-4-6-18(16)23(21)27/h3-10,13,15H,11-12,14H2,1-2H3,(H,29,31)(H2,28,30,32,35). The van der Waals surface area contributed by atoms with Gasteiger partial charge in [0.25, 0.3) is 11.8 Å². The van der Waals surface area contributed by atoms with Crippen molar-refractivity contribution >= 4 is 71.8 Å². The van der Waals surface area contributed by atoms with Gasteiger partial charge in [0.2, 0.25) is 0 Å². The van der Waals surface area contributed by atoms with E-state index in [1.807, 2.05) is 30.3 Å². The Kier molecular flexibility index (Phi) is 9.88. The van der Waals surface area contributed by atoms with Crippen LogP contribution in [0.3, 0.4) is 0 Å². The molecular formula is C25H25Br2N3O4S. The molecule has 0 radical (unpaired) electrons. The van der Waals surface area contributed by atoms with E-state index in [-0.39, 0.29) is 11.7 Å². The van der Waals surface area contributed by atoms with E-state index >= 15 is 0 Å². The number of hydrazine groups is 1. The summed E-state index contributed by atoms with van der Waals surface area (Å²) >= 11 is 12.0. The third kappa shape index (κ3) is 7.91. The van der Waals surface area contributed by atoms with Crippen molar-refractivity contribution < 1.29 is 19.1 Å². The molecule has 0 unspecified atom stereocenters. The second kappa shape index (κ2) is 12.9. The number of hydrogen-bond acceptors (Lipinski definition) is 5. The number of rotatable bonds is 8. The molecule has 3 rings (SSSR count). The van der Waals surface area contributed by atoms with Crippen LogP contribution in [0.5, 0.6) is 11.5 Å². The molecule has 0 aliphatic rings. The van der Waals surface area contributed by atoms with Gasteiger partial charge in [0.05, 0.1) is 15.6 Å². The average Bonchev–Trinajstić information content (AvgIpc) is 2.83. The summed E-state index contributed by atoms with van der Waals surface area (Å²) in [7, 11) is 0. The van der Waals surface area contributed by atoms with Crippen molar-refractivity contribution in [2.24, 2.45) is 5.92 Å². The van der Waals surface area contributed by atoms with Gasteiger partial charge in [0.1, 0.15) is 11.5 Å². The molecule has 0 bridgehead atoms. The summed E-state index contributed by atoms with van der Waals surface area (Å²) in [5.74, 6) is 0.847. The van der Waals surface area contributed by atoms with Crippen LogP contribution < -0.4 is 25.6 Å². The molecule has 184 valence electrons. The van der Waals surface area contributed by atoms with Gasteiger partial charge in [-0.1, -0.05) is 44.2 Å². The highest BCUT2D eigenvalue weighted by molar-refractivity contribution is 9.11. The highest BCUT2D eigenvalue weighted by Gasteiger charge is 2.13. The molecule has 7 nitrogen and oxygen atoms in total. The number of fused-ring (bicyclic) bond motifs is 1. The zero-order chi connectivity index (χ0) is 25.4. The van der Waals surface area contributed by atoms with Crippen molar-refractivity contribution in [3.05, 3.63) is 69.1 Å². The number of halogens is 2. The predicted molar refractivity (Wildman–Crippen MR) is 148 cm³/mol. The number of nitrogens with one attached hydrogen (secondary N) is 3. The smallest absolute Gasteiger partial charge is 0.276 e. The zero-order valence-corrected chi connectivity index (χ0v) is 23.2. The summed E-state index contributed by atoms with van der Waals surface area (Å²) < 4.78 is 12.8. The van der Waals surface area contributed by atoms with Gasteiger partial charge in [0.15, 0.2) is 11.7 Å². The van der Waals surface area contributed by atoms with Crippen LogP contribution in [0.4, 0.5) is 0 Å². The normalized spacial score (nSPS) is 10.7. The molecule has 0 spiro atoms. The maximum Gasteiger partial charge on any atom is 0.276 e. The van der Waals surface area contributed by atoms with Gasteiger partial charge >= 0.3 is 0 Å². The molecule has 0 aliphatic heterocycles. The summed E-state index contributed by atoms with van der Waals surface area (Å²) in [5.41, 5.74) is 5.29. The van der Waals surface area contributed by atoms with E-state index in [2.05, 4.69) is 61.9 Å². The molecule has 0 atom stereocenters.